The minimum absolute atomic E-state index is 0.0379. The maximum atomic E-state index is 10.7. The lowest BCUT2D eigenvalue weighted by Crippen LogP contribution is -2.10. The van der Waals surface area contributed by atoms with E-state index in [2.05, 4.69) is 5.18 Å². The fraction of sp³-hybridized carbons (Fsp3) is 0. The maximum absolute atomic E-state index is 10.7. The standard InChI is InChI=1S/C7H5N3O4/c8-7(11)4-1-2-5(9-12)6(3-4)10(13)14/h1-3H,(H2,8,11). The smallest absolute Gasteiger partial charge is 0.299 e. The number of nitroso groups, excluding NO2 is 1. The number of carbonyl (C=O) groups is 1. The van der Waals surface area contributed by atoms with Gasteiger partial charge >= 0.3 is 0 Å². The molecule has 1 aromatic rings. The summed E-state index contributed by atoms with van der Waals surface area (Å²) < 4.78 is 0. The van der Waals surface area contributed by atoms with Crippen molar-refractivity contribution in [3.63, 3.8) is 0 Å². The van der Waals surface area contributed by atoms with Crippen molar-refractivity contribution < 1.29 is 9.72 Å². The van der Waals surface area contributed by atoms with E-state index in [1.807, 2.05) is 0 Å². The van der Waals surface area contributed by atoms with Gasteiger partial charge in [0.1, 0.15) is 0 Å². The molecule has 1 amide bonds. The van der Waals surface area contributed by atoms with Gasteiger partial charge in [-0.15, -0.1) is 4.91 Å². The van der Waals surface area contributed by atoms with Gasteiger partial charge in [0, 0.05) is 11.6 Å². The van der Waals surface area contributed by atoms with E-state index in [0.29, 0.717) is 0 Å². The van der Waals surface area contributed by atoms with Gasteiger partial charge in [-0.05, 0) is 17.3 Å². The fourth-order valence-electron chi connectivity index (χ4n) is 0.900. The Bertz CT molecular complexity index is 415. The van der Waals surface area contributed by atoms with Crippen molar-refractivity contribution in [2.45, 2.75) is 0 Å². The van der Waals surface area contributed by atoms with Crippen molar-refractivity contribution in [3.8, 4) is 0 Å². The number of carbonyl (C=O) groups excluding carboxylic acids is 1. The van der Waals surface area contributed by atoms with Crippen LogP contribution in [-0.4, -0.2) is 10.8 Å². The number of primary amides is 1. The van der Waals surface area contributed by atoms with Gasteiger partial charge in [-0.2, -0.15) is 0 Å². The number of amides is 1. The molecule has 0 aliphatic heterocycles. The maximum Gasteiger partial charge on any atom is 0.299 e. The second-order valence-electron chi connectivity index (χ2n) is 2.42. The minimum Gasteiger partial charge on any atom is -0.366 e. The molecule has 0 fully saturated rings. The SMILES string of the molecule is NC(=O)c1ccc(N=O)c([N+](=O)[O-])c1. The van der Waals surface area contributed by atoms with Crippen LogP contribution < -0.4 is 5.73 Å². The zero-order valence-corrected chi connectivity index (χ0v) is 6.84. The molecule has 1 rings (SSSR count). The van der Waals surface area contributed by atoms with E-state index in [0.717, 1.165) is 12.1 Å². The second-order valence-corrected chi connectivity index (χ2v) is 2.42. The average Bonchev–Trinajstić information content (AvgIpc) is 2.16. The zero-order chi connectivity index (χ0) is 10.7. The molecule has 0 aliphatic rings. The third-order valence-electron chi connectivity index (χ3n) is 1.55. The van der Waals surface area contributed by atoms with Crippen molar-refractivity contribution >= 4 is 17.3 Å². The van der Waals surface area contributed by atoms with E-state index in [9.17, 15) is 19.8 Å². The van der Waals surface area contributed by atoms with Crippen LogP contribution in [0.1, 0.15) is 10.4 Å². The lowest BCUT2D eigenvalue weighted by Gasteiger charge is -1.96. The number of nitrogens with two attached hydrogens (primary N) is 1. The first-order chi connectivity index (χ1) is 6.56. The number of hydrogen-bond acceptors (Lipinski definition) is 5. The molecule has 0 saturated carbocycles. The Morgan fingerprint density at radius 1 is 1.50 bits per heavy atom. The summed E-state index contributed by atoms with van der Waals surface area (Å²) in [6, 6.07) is 3.19. The number of nitrogens with zero attached hydrogens (tertiary/aromatic N) is 2. The van der Waals surface area contributed by atoms with Crippen LogP contribution >= 0.6 is 0 Å². The first kappa shape index (κ1) is 9.78. The lowest BCUT2D eigenvalue weighted by atomic mass is 10.1. The molecule has 7 heteroatoms. The quantitative estimate of drug-likeness (QED) is 0.441. The van der Waals surface area contributed by atoms with Gasteiger partial charge in [-0.3, -0.25) is 14.9 Å². The highest BCUT2D eigenvalue weighted by Gasteiger charge is 2.16. The highest BCUT2D eigenvalue weighted by atomic mass is 16.6. The topological polar surface area (TPSA) is 116 Å². The summed E-state index contributed by atoms with van der Waals surface area (Å²) in [5.41, 5.74) is 4.00. The summed E-state index contributed by atoms with van der Waals surface area (Å²) in [4.78, 5) is 30.4. The molecular formula is C7H5N3O4. The number of benzene rings is 1. The molecular weight excluding hydrogens is 190 g/mol. The second kappa shape index (κ2) is 3.60. The highest BCUT2D eigenvalue weighted by molar-refractivity contribution is 5.94. The third-order valence-corrected chi connectivity index (χ3v) is 1.55. The van der Waals surface area contributed by atoms with Crippen molar-refractivity contribution in [3.05, 3.63) is 38.8 Å². The average molecular weight is 195 g/mol. The molecule has 0 heterocycles. The molecule has 0 aromatic heterocycles. The molecule has 0 atom stereocenters. The molecule has 7 nitrogen and oxygen atoms in total. The largest absolute Gasteiger partial charge is 0.366 e. The van der Waals surface area contributed by atoms with Crippen LogP contribution in [0.5, 0.6) is 0 Å². The Balaban J connectivity index is 3.34. The number of rotatable bonds is 3. The molecule has 0 saturated heterocycles. The Hall–Kier alpha value is -2.31. The summed E-state index contributed by atoms with van der Waals surface area (Å²) in [6.45, 7) is 0. The summed E-state index contributed by atoms with van der Waals surface area (Å²) >= 11 is 0. The molecule has 0 bridgehead atoms. The normalized spacial score (nSPS) is 9.43. The summed E-state index contributed by atoms with van der Waals surface area (Å²) in [6.07, 6.45) is 0. The molecule has 0 unspecified atom stereocenters. The third kappa shape index (κ3) is 1.71. The van der Waals surface area contributed by atoms with E-state index in [-0.39, 0.29) is 11.3 Å². The first-order valence-corrected chi connectivity index (χ1v) is 3.48. The minimum atomic E-state index is -0.802. The van der Waals surface area contributed by atoms with E-state index in [4.69, 9.17) is 5.73 Å². The summed E-state index contributed by atoms with van der Waals surface area (Å²) in [5.74, 6) is -0.800. The number of hydrogen-bond donors (Lipinski definition) is 1. The van der Waals surface area contributed by atoms with Crippen LogP contribution in [0.15, 0.2) is 23.4 Å². The first-order valence-electron chi connectivity index (χ1n) is 3.48. The van der Waals surface area contributed by atoms with Crippen LogP contribution in [0, 0.1) is 15.0 Å². The Labute approximate surface area is 77.6 Å². The van der Waals surface area contributed by atoms with Crippen molar-refractivity contribution in [2.75, 3.05) is 0 Å². The molecule has 1 aromatic carbocycles. The molecule has 14 heavy (non-hydrogen) atoms. The lowest BCUT2D eigenvalue weighted by molar-refractivity contribution is -0.384. The Morgan fingerprint density at radius 3 is 2.57 bits per heavy atom. The number of nitro benzene ring substituents is 1. The molecule has 72 valence electrons. The van der Waals surface area contributed by atoms with Crippen molar-refractivity contribution in [1.82, 2.24) is 0 Å². The highest BCUT2D eigenvalue weighted by Crippen LogP contribution is 2.27. The van der Waals surface area contributed by atoms with Gasteiger partial charge in [0.2, 0.25) is 5.91 Å². The predicted octanol–water partition coefficient (Wildman–Crippen LogP) is 1.09. The molecule has 0 radical (unpaired) electrons. The Kier molecular flexibility index (Phi) is 2.52. The van der Waals surface area contributed by atoms with E-state index < -0.39 is 16.5 Å². The van der Waals surface area contributed by atoms with Gasteiger partial charge in [-0.1, -0.05) is 0 Å². The summed E-state index contributed by atoms with van der Waals surface area (Å²) in [7, 11) is 0. The van der Waals surface area contributed by atoms with Gasteiger partial charge in [-0.25, -0.2) is 0 Å². The zero-order valence-electron chi connectivity index (χ0n) is 6.84. The van der Waals surface area contributed by atoms with E-state index in [1.165, 1.54) is 6.07 Å². The molecule has 0 spiro atoms. The van der Waals surface area contributed by atoms with E-state index >= 15 is 0 Å². The van der Waals surface area contributed by atoms with Crippen LogP contribution in [0.25, 0.3) is 0 Å². The fourth-order valence-corrected chi connectivity index (χ4v) is 0.900. The van der Waals surface area contributed by atoms with E-state index in [1.54, 1.807) is 0 Å². The van der Waals surface area contributed by atoms with Gasteiger partial charge in [0.05, 0.1) is 4.92 Å². The predicted molar refractivity (Wildman–Crippen MR) is 47.1 cm³/mol. The Morgan fingerprint density at radius 2 is 2.14 bits per heavy atom. The molecule has 2 N–H and O–H groups in total. The van der Waals surface area contributed by atoms with Gasteiger partial charge in [0.15, 0.2) is 5.69 Å². The van der Waals surface area contributed by atoms with Crippen molar-refractivity contribution in [1.29, 1.82) is 0 Å². The van der Waals surface area contributed by atoms with Crippen LogP contribution in [0.4, 0.5) is 11.4 Å². The summed E-state index contributed by atoms with van der Waals surface area (Å²) in [5, 5.41) is 12.9. The van der Waals surface area contributed by atoms with Crippen LogP contribution in [0.2, 0.25) is 0 Å². The number of nitro groups is 1. The van der Waals surface area contributed by atoms with Gasteiger partial charge in [0.25, 0.3) is 5.69 Å². The van der Waals surface area contributed by atoms with Crippen molar-refractivity contribution in [2.24, 2.45) is 10.9 Å². The monoisotopic (exact) mass is 195 g/mol. The van der Waals surface area contributed by atoms with Crippen LogP contribution in [-0.2, 0) is 0 Å². The van der Waals surface area contributed by atoms with Crippen LogP contribution in [0.3, 0.4) is 0 Å². The van der Waals surface area contributed by atoms with Gasteiger partial charge < -0.3 is 5.73 Å². The molecule has 0 aliphatic carbocycles.